The highest BCUT2D eigenvalue weighted by atomic mass is 35.5. The number of benzene rings is 1. The van der Waals surface area contributed by atoms with Gasteiger partial charge in [-0.15, -0.1) is 0 Å². The van der Waals surface area contributed by atoms with Gasteiger partial charge in [0.1, 0.15) is 5.69 Å². The Kier molecular flexibility index (Phi) is 4.65. The fourth-order valence-corrected chi connectivity index (χ4v) is 2.13. The zero-order valence-electron chi connectivity index (χ0n) is 10.7. The van der Waals surface area contributed by atoms with Crippen LogP contribution in [0, 0.1) is 0 Å². The van der Waals surface area contributed by atoms with Gasteiger partial charge in [0, 0.05) is 16.6 Å². The third kappa shape index (κ3) is 3.30. The topological polar surface area (TPSA) is 78.0 Å². The third-order valence-electron chi connectivity index (χ3n) is 2.68. The Balaban J connectivity index is 2.22. The maximum Gasteiger partial charge on any atom is 0.269 e. The van der Waals surface area contributed by atoms with Gasteiger partial charge in [-0.05, 0) is 31.2 Å². The number of hydrogen-bond donors (Lipinski definition) is 3. The number of carbonyl (C=O) groups is 1. The van der Waals surface area contributed by atoms with Crippen molar-refractivity contribution < 1.29 is 9.90 Å². The molecule has 0 aliphatic rings. The van der Waals surface area contributed by atoms with E-state index in [4.69, 9.17) is 28.3 Å². The van der Waals surface area contributed by atoms with Crippen LogP contribution in [0.25, 0.3) is 11.3 Å². The molecule has 7 heteroatoms. The number of rotatable bonds is 4. The number of aliphatic hydroxyl groups excluding tert-OH is 1. The molecule has 2 aromatic rings. The van der Waals surface area contributed by atoms with E-state index in [0.717, 1.165) is 0 Å². The molecular formula is C13H13Cl2N3O2. The summed E-state index contributed by atoms with van der Waals surface area (Å²) in [5.74, 6) is -0.338. The smallest absolute Gasteiger partial charge is 0.269 e. The molecule has 20 heavy (non-hydrogen) atoms. The molecule has 0 bridgehead atoms. The van der Waals surface area contributed by atoms with E-state index in [-0.39, 0.29) is 18.6 Å². The zero-order chi connectivity index (χ0) is 14.7. The van der Waals surface area contributed by atoms with Crippen LogP contribution in [0.1, 0.15) is 17.4 Å². The van der Waals surface area contributed by atoms with Gasteiger partial charge in [-0.3, -0.25) is 9.89 Å². The highest BCUT2D eigenvalue weighted by Crippen LogP contribution is 2.29. The van der Waals surface area contributed by atoms with Gasteiger partial charge in [-0.25, -0.2) is 0 Å². The summed E-state index contributed by atoms with van der Waals surface area (Å²) in [6, 6.07) is 6.31. The fraction of sp³-hybridized carbons (Fsp3) is 0.231. The normalized spacial score (nSPS) is 12.2. The van der Waals surface area contributed by atoms with Gasteiger partial charge in [-0.2, -0.15) is 5.10 Å². The third-order valence-corrected chi connectivity index (χ3v) is 3.23. The van der Waals surface area contributed by atoms with Crippen molar-refractivity contribution in [1.82, 2.24) is 15.5 Å². The van der Waals surface area contributed by atoms with Gasteiger partial charge in [0.05, 0.1) is 17.3 Å². The number of hydrogen-bond acceptors (Lipinski definition) is 3. The van der Waals surface area contributed by atoms with Crippen LogP contribution in [0.3, 0.4) is 0 Å². The molecule has 5 nitrogen and oxygen atoms in total. The largest absolute Gasteiger partial charge is 0.394 e. The molecule has 0 saturated heterocycles. The summed E-state index contributed by atoms with van der Waals surface area (Å²) in [6.45, 7) is 1.57. The molecule has 0 unspecified atom stereocenters. The minimum Gasteiger partial charge on any atom is -0.394 e. The molecule has 106 valence electrons. The van der Waals surface area contributed by atoms with E-state index in [1.807, 2.05) is 0 Å². The van der Waals surface area contributed by atoms with Crippen molar-refractivity contribution in [3.8, 4) is 11.3 Å². The summed E-state index contributed by atoms with van der Waals surface area (Å²) in [6.07, 6.45) is 0. The quantitative estimate of drug-likeness (QED) is 0.811. The highest BCUT2D eigenvalue weighted by Gasteiger charge is 2.14. The lowest BCUT2D eigenvalue weighted by Gasteiger charge is -2.08. The predicted molar refractivity (Wildman–Crippen MR) is 78.1 cm³/mol. The van der Waals surface area contributed by atoms with Crippen LogP contribution >= 0.6 is 23.2 Å². The molecule has 0 saturated carbocycles. The molecule has 0 radical (unpaired) electrons. The Bertz CT molecular complexity index is 628. The number of aromatic nitrogens is 2. The van der Waals surface area contributed by atoms with Crippen molar-refractivity contribution in [2.75, 3.05) is 6.61 Å². The van der Waals surface area contributed by atoms with Gasteiger partial charge in [0.15, 0.2) is 0 Å². The number of nitrogens with zero attached hydrogens (tertiary/aromatic N) is 1. The van der Waals surface area contributed by atoms with E-state index in [1.165, 1.54) is 0 Å². The Morgan fingerprint density at radius 3 is 2.85 bits per heavy atom. The van der Waals surface area contributed by atoms with Gasteiger partial charge in [0.25, 0.3) is 5.91 Å². The molecule has 0 spiro atoms. The van der Waals surface area contributed by atoms with Crippen LogP contribution < -0.4 is 5.32 Å². The van der Waals surface area contributed by atoms with Crippen LogP contribution in [0.15, 0.2) is 24.3 Å². The fourth-order valence-electron chi connectivity index (χ4n) is 1.62. The zero-order valence-corrected chi connectivity index (χ0v) is 12.2. The SMILES string of the molecule is C[C@@H](CO)NC(=O)c1cc(-c2ccc(Cl)cc2Cl)n[nH]1. The lowest BCUT2D eigenvalue weighted by molar-refractivity contribution is 0.0917. The maximum atomic E-state index is 11.9. The summed E-state index contributed by atoms with van der Waals surface area (Å²) >= 11 is 11.9. The van der Waals surface area contributed by atoms with Gasteiger partial charge >= 0.3 is 0 Å². The van der Waals surface area contributed by atoms with Gasteiger partial charge in [0.2, 0.25) is 0 Å². The van der Waals surface area contributed by atoms with Crippen molar-refractivity contribution >= 4 is 29.1 Å². The van der Waals surface area contributed by atoms with Gasteiger partial charge < -0.3 is 10.4 Å². The lowest BCUT2D eigenvalue weighted by atomic mass is 10.1. The second-order valence-corrected chi connectivity index (χ2v) is 5.19. The molecule has 1 atom stereocenters. The van der Waals surface area contributed by atoms with Gasteiger partial charge in [-0.1, -0.05) is 23.2 Å². The molecule has 1 amide bonds. The predicted octanol–water partition coefficient (Wildman–Crippen LogP) is 2.49. The van der Waals surface area contributed by atoms with Crippen LogP contribution in [-0.2, 0) is 0 Å². The first-order valence-corrected chi connectivity index (χ1v) is 6.69. The molecule has 1 aromatic heterocycles. The summed E-state index contributed by atoms with van der Waals surface area (Å²) in [4.78, 5) is 11.9. The average molecular weight is 314 g/mol. The summed E-state index contributed by atoms with van der Waals surface area (Å²) in [7, 11) is 0. The van der Waals surface area contributed by atoms with Crippen molar-refractivity contribution in [2.45, 2.75) is 13.0 Å². The van der Waals surface area contributed by atoms with Crippen LogP contribution in [0.5, 0.6) is 0 Å². The van der Waals surface area contributed by atoms with E-state index >= 15 is 0 Å². The molecule has 1 heterocycles. The van der Waals surface area contributed by atoms with E-state index in [2.05, 4.69) is 15.5 Å². The van der Waals surface area contributed by atoms with E-state index < -0.39 is 0 Å². The highest BCUT2D eigenvalue weighted by molar-refractivity contribution is 6.36. The second kappa shape index (κ2) is 6.26. The average Bonchev–Trinajstić information content (AvgIpc) is 2.88. The minimum absolute atomic E-state index is 0.129. The molecular weight excluding hydrogens is 301 g/mol. The molecule has 0 aliphatic heterocycles. The number of aliphatic hydroxyl groups is 1. The summed E-state index contributed by atoms with van der Waals surface area (Å²) < 4.78 is 0. The number of halogens is 2. The number of carbonyl (C=O) groups excluding carboxylic acids is 1. The Morgan fingerprint density at radius 2 is 2.20 bits per heavy atom. The first-order valence-electron chi connectivity index (χ1n) is 5.94. The molecule has 1 aromatic carbocycles. The minimum atomic E-state index is -0.338. The summed E-state index contributed by atoms with van der Waals surface area (Å²) in [5, 5.41) is 19.2. The second-order valence-electron chi connectivity index (χ2n) is 4.35. The molecule has 0 aliphatic carbocycles. The number of nitrogens with one attached hydrogen (secondary N) is 2. The van der Waals surface area contributed by atoms with Crippen molar-refractivity contribution in [2.24, 2.45) is 0 Å². The Morgan fingerprint density at radius 1 is 1.45 bits per heavy atom. The standard InChI is InChI=1S/C13H13Cl2N3O2/c1-7(6-19)16-13(20)12-5-11(17-18-12)9-3-2-8(14)4-10(9)15/h2-5,7,19H,6H2,1H3,(H,16,20)(H,17,18)/t7-/m0/s1. The number of amides is 1. The first-order chi connectivity index (χ1) is 9.51. The Hall–Kier alpha value is -1.56. The first kappa shape index (κ1) is 14.8. The van der Waals surface area contributed by atoms with E-state index in [1.54, 1.807) is 31.2 Å². The molecule has 3 N–H and O–H groups in total. The van der Waals surface area contributed by atoms with Crippen molar-refractivity contribution in [3.05, 3.63) is 40.0 Å². The number of aromatic amines is 1. The van der Waals surface area contributed by atoms with Crippen molar-refractivity contribution in [1.29, 1.82) is 0 Å². The lowest BCUT2D eigenvalue weighted by Crippen LogP contribution is -2.35. The number of H-pyrrole nitrogens is 1. The van der Waals surface area contributed by atoms with E-state index in [9.17, 15) is 4.79 Å². The van der Waals surface area contributed by atoms with Crippen LogP contribution in [0.2, 0.25) is 10.0 Å². The van der Waals surface area contributed by atoms with Crippen LogP contribution in [-0.4, -0.2) is 33.9 Å². The van der Waals surface area contributed by atoms with Crippen LogP contribution in [0.4, 0.5) is 0 Å². The molecule has 2 rings (SSSR count). The van der Waals surface area contributed by atoms with Crippen molar-refractivity contribution in [3.63, 3.8) is 0 Å². The maximum absolute atomic E-state index is 11.9. The summed E-state index contributed by atoms with van der Waals surface area (Å²) in [5.41, 5.74) is 1.53. The van der Waals surface area contributed by atoms with E-state index in [0.29, 0.717) is 27.0 Å². The monoisotopic (exact) mass is 313 g/mol. The Labute approximate surface area is 125 Å². The molecule has 0 fully saturated rings.